The topological polar surface area (TPSA) is 41.1 Å². The Morgan fingerprint density at radius 2 is 2.24 bits per heavy atom. The number of halogens is 3. The third-order valence-corrected chi connectivity index (χ3v) is 2.90. The number of carbonyl (C=O) groups is 1. The molecule has 1 aliphatic heterocycles. The van der Waals surface area contributed by atoms with Crippen LogP contribution in [0.4, 0.5) is 13.2 Å². The number of alkyl halides is 3. The number of hydrogen-bond acceptors (Lipinski definition) is 2. The summed E-state index contributed by atoms with van der Waals surface area (Å²) in [5, 5.41) is 5.96. The molecule has 1 amide bonds. The van der Waals surface area contributed by atoms with E-state index in [1.807, 2.05) is 6.92 Å². The van der Waals surface area contributed by atoms with E-state index < -0.39 is 12.6 Å². The van der Waals surface area contributed by atoms with Crippen LogP contribution in [-0.2, 0) is 4.79 Å². The van der Waals surface area contributed by atoms with Crippen LogP contribution in [0.1, 0.15) is 39.0 Å². The average molecular weight is 252 g/mol. The Balaban J connectivity index is 2.05. The Kier molecular flexibility index (Phi) is 5.24. The molecule has 0 aromatic carbocycles. The molecule has 0 radical (unpaired) electrons. The van der Waals surface area contributed by atoms with Gasteiger partial charge in [0.25, 0.3) is 0 Å². The van der Waals surface area contributed by atoms with Crippen molar-refractivity contribution >= 4 is 5.91 Å². The summed E-state index contributed by atoms with van der Waals surface area (Å²) in [5.74, 6) is 0.0570. The van der Waals surface area contributed by atoms with Crippen LogP contribution in [-0.4, -0.2) is 30.7 Å². The third-order valence-electron chi connectivity index (χ3n) is 2.90. The first-order valence-corrected chi connectivity index (χ1v) is 5.96. The molecule has 0 saturated carbocycles. The highest BCUT2D eigenvalue weighted by molar-refractivity contribution is 5.78. The minimum Gasteiger partial charge on any atom is -0.352 e. The molecule has 2 unspecified atom stereocenters. The maximum absolute atomic E-state index is 11.9. The lowest BCUT2D eigenvalue weighted by Gasteiger charge is -2.17. The summed E-state index contributed by atoms with van der Waals surface area (Å²) in [6.07, 6.45) is -2.77. The quantitative estimate of drug-likeness (QED) is 0.759. The van der Waals surface area contributed by atoms with Crippen molar-refractivity contribution in [3.05, 3.63) is 0 Å². The molecule has 0 bridgehead atoms. The average Bonchev–Trinajstić information content (AvgIpc) is 2.59. The zero-order chi connectivity index (χ0) is 12.9. The molecule has 0 aromatic heterocycles. The number of rotatable bonds is 6. The molecular weight excluding hydrogens is 233 g/mol. The van der Waals surface area contributed by atoms with E-state index in [0.717, 1.165) is 6.42 Å². The molecule has 6 heteroatoms. The van der Waals surface area contributed by atoms with Gasteiger partial charge in [0, 0.05) is 31.5 Å². The standard InChI is InChI=1S/C11H19F3N2O/c1-8(3-2-6-11(12,13)14)15-7-9-4-5-10(17)16-9/h8-9,15H,2-7H2,1H3,(H,16,17). The van der Waals surface area contributed by atoms with Crippen molar-refractivity contribution in [3.63, 3.8) is 0 Å². The Bertz CT molecular complexity index is 256. The van der Waals surface area contributed by atoms with Crippen LogP contribution in [0.3, 0.4) is 0 Å². The van der Waals surface area contributed by atoms with Crippen molar-refractivity contribution in [1.29, 1.82) is 0 Å². The van der Waals surface area contributed by atoms with E-state index in [2.05, 4.69) is 10.6 Å². The first-order chi connectivity index (χ1) is 7.87. The van der Waals surface area contributed by atoms with Crippen LogP contribution in [0.25, 0.3) is 0 Å². The molecule has 3 nitrogen and oxygen atoms in total. The van der Waals surface area contributed by atoms with Crippen molar-refractivity contribution < 1.29 is 18.0 Å². The summed E-state index contributed by atoms with van der Waals surface area (Å²) in [6.45, 7) is 2.51. The lowest BCUT2D eigenvalue weighted by Crippen LogP contribution is -2.39. The van der Waals surface area contributed by atoms with Gasteiger partial charge >= 0.3 is 6.18 Å². The van der Waals surface area contributed by atoms with Crippen LogP contribution >= 0.6 is 0 Å². The van der Waals surface area contributed by atoms with E-state index in [1.54, 1.807) is 0 Å². The molecule has 0 aromatic rings. The Hall–Kier alpha value is -0.780. The van der Waals surface area contributed by atoms with Crippen LogP contribution < -0.4 is 10.6 Å². The van der Waals surface area contributed by atoms with Crippen LogP contribution in [0.15, 0.2) is 0 Å². The number of nitrogens with one attached hydrogen (secondary N) is 2. The van der Waals surface area contributed by atoms with E-state index in [1.165, 1.54) is 0 Å². The van der Waals surface area contributed by atoms with E-state index in [-0.39, 0.29) is 24.4 Å². The molecule has 100 valence electrons. The first kappa shape index (κ1) is 14.3. The molecule has 2 atom stereocenters. The van der Waals surface area contributed by atoms with Gasteiger partial charge in [-0.15, -0.1) is 0 Å². The largest absolute Gasteiger partial charge is 0.389 e. The second kappa shape index (κ2) is 6.23. The van der Waals surface area contributed by atoms with Gasteiger partial charge in [0.2, 0.25) is 5.91 Å². The molecule has 17 heavy (non-hydrogen) atoms. The number of hydrogen-bond donors (Lipinski definition) is 2. The summed E-state index contributed by atoms with van der Waals surface area (Å²) in [4.78, 5) is 10.9. The maximum atomic E-state index is 11.9. The SMILES string of the molecule is CC(CCCC(F)(F)F)NCC1CCC(=O)N1. The summed E-state index contributed by atoms with van der Waals surface area (Å²) in [6, 6.07) is 0.183. The van der Waals surface area contributed by atoms with Gasteiger partial charge in [0.1, 0.15) is 0 Å². The highest BCUT2D eigenvalue weighted by atomic mass is 19.4. The first-order valence-electron chi connectivity index (χ1n) is 5.96. The Morgan fingerprint density at radius 1 is 1.53 bits per heavy atom. The minimum atomic E-state index is -4.06. The van der Waals surface area contributed by atoms with E-state index >= 15 is 0 Å². The second-order valence-corrected chi connectivity index (χ2v) is 4.62. The highest BCUT2D eigenvalue weighted by Gasteiger charge is 2.26. The van der Waals surface area contributed by atoms with Crippen molar-refractivity contribution in [2.24, 2.45) is 0 Å². The predicted octanol–water partition coefficient (Wildman–Crippen LogP) is 1.98. The lowest BCUT2D eigenvalue weighted by molar-refractivity contribution is -0.135. The van der Waals surface area contributed by atoms with Gasteiger partial charge in [-0.1, -0.05) is 0 Å². The molecule has 2 N–H and O–H groups in total. The summed E-state index contributed by atoms with van der Waals surface area (Å²) < 4.78 is 35.7. The Morgan fingerprint density at radius 3 is 2.76 bits per heavy atom. The minimum absolute atomic E-state index is 0.0508. The van der Waals surface area contributed by atoms with Gasteiger partial charge < -0.3 is 10.6 Å². The highest BCUT2D eigenvalue weighted by Crippen LogP contribution is 2.22. The molecule has 1 aliphatic rings. The van der Waals surface area contributed by atoms with Crippen molar-refractivity contribution in [2.75, 3.05) is 6.54 Å². The van der Waals surface area contributed by atoms with Crippen molar-refractivity contribution in [2.45, 2.75) is 57.3 Å². The number of carbonyl (C=O) groups excluding carboxylic acids is 1. The molecule has 1 fully saturated rings. The zero-order valence-electron chi connectivity index (χ0n) is 9.94. The zero-order valence-corrected chi connectivity index (χ0v) is 9.94. The third kappa shape index (κ3) is 6.51. The molecule has 1 heterocycles. The molecule has 0 aliphatic carbocycles. The fraction of sp³-hybridized carbons (Fsp3) is 0.909. The fourth-order valence-corrected chi connectivity index (χ4v) is 1.88. The van der Waals surface area contributed by atoms with Crippen LogP contribution in [0.2, 0.25) is 0 Å². The summed E-state index contributed by atoms with van der Waals surface area (Å²) in [5.41, 5.74) is 0. The monoisotopic (exact) mass is 252 g/mol. The summed E-state index contributed by atoms with van der Waals surface area (Å²) in [7, 11) is 0. The molecule has 0 spiro atoms. The van der Waals surface area contributed by atoms with Gasteiger partial charge in [-0.25, -0.2) is 0 Å². The molecule has 1 saturated heterocycles. The van der Waals surface area contributed by atoms with E-state index in [4.69, 9.17) is 0 Å². The summed E-state index contributed by atoms with van der Waals surface area (Å²) >= 11 is 0. The van der Waals surface area contributed by atoms with Gasteiger partial charge in [0.05, 0.1) is 0 Å². The Labute approximate surface area is 99.1 Å². The van der Waals surface area contributed by atoms with E-state index in [9.17, 15) is 18.0 Å². The van der Waals surface area contributed by atoms with Gasteiger partial charge in [0.15, 0.2) is 0 Å². The van der Waals surface area contributed by atoms with Crippen LogP contribution in [0, 0.1) is 0 Å². The van der Waals surface area contributed by atoms with Gasteiger partial charge in [-0.3, -0.25) is 4.79 Å². The van der Waals surface area contributed by atoms with E-state index in [0.29, 0.717) is 19.4 Å². The van der Waals surface area contributed by atoms with Crippen LogP contribution in [0.5, 0.6) is 0 Å². The predicted molar refractivity (Wildman–Crippen MR) is 58.5 cm³/mol. The maximum Gasteiger partial charge on any atom is 0.389 e. The van der Waals surface area contributed by atoms with Gasteiger partial charge in [-0.2, -0.15) is 13.2 Å². The van der Waals surface area contributed by atoms with Crippen molar-refractivity contribution in [1.82, 2.24) is 10.6 Å². The smallest absolute Gasteiger partial charge is 0.352 e. The lowest BCUT2D eigenvalue weighted by atomic mass is 10.1. The van der Waals surface area contributed by atoms with Crippen molar-refractivity contribution in [3.8, 4) is 0 Å². The normalized spacial score (nSPS) is 22.6. The molecule has 1 rings (SSSR count). The molecular formula is C11H19F3N2O. The fourth-order valence-electron chi connectivity index (χ4n) is 1.88. The van der Waals surface area contributed by atoms with Gasteiger partial charge in [-0.05, 0) is 26.2 Å². The number of amides is 1. The second-order valence-electron chi connectivity index (χ2n) is 4.62.